The molecule has 0 spiro atoms. The molecule has 0 unspecified atom stereocenters. The van der Waals surface area contributed by atoms with Crippen molar-refractivity contribution in [3.8, 4) is 0 Å². The van der Waals surface area contributed by atoms with E-state index in [0.29, 0.717) is 0 Å². The summed E-state index contributed by atoms with van der Waals surface area (Å²) in [6.45, 7) is 6.22. The van der Waals surface area contributed by atoms with Crippen LogP contribution in [0.15, 0.2) is 0 Å². The molecular formula is C10H20N4. The van der Waals surface area contributed by atoms with Crippen molar-refractivity contribution in [1.82, 2.24) is 14.7 Å². The topological polar surface area (TPSA) is 33.1 Å². The maximum atomic E-state index is 4.40. The lowest BCUT2D eigenvalue weighted by molar-refractivity contribution is 0.345. The first-order chi connectivity index (χ1) is 6.60. The number of hydrogen-bond acceptors (Lipinski definition) is 3. The summed E-state index contributed by atoms with van der Waals surface area (Å²) in [5, 5.41) is 7.58. The number of hydrogen-bond donors (Lipinski definition) is 1. The fraction of sp³-hybridized carbons (Fsp3) is 0.700. The van der Waals surface area contributed by atoms with Gasteiger partial charge in [-0.1, -0.05) is 6.92 Å². The second-order valence-corrected chi connectivity index (χ2v) is 3.62. The van der Waals surface area contributed by atoms with E-state index in [2.05, 4.69) is 36.2 Å². The molecule has 0 radical (unpaired) electrons. The molecule has 1 rings (SSSR count). The van der Waals surface area contributed by atoms with Gasteiger partial charge in [0.25, 0.3) is 0 Å². The molecule has 0 fully saturated rings. The van der Waals surface area contributed by atoms with Crippen LogP contribution in [0.3, 0.4) is 0 Å². The highest BCUT2D eigenvalue weighted by molar-refractivity contribution is 5.46. The van der Waals surface area contributed by atoms with Gasteiger partial charge in [-0.3, -0.25) is 4.68 Å². The second kappa shape index (κ2) is 4.46. The monoisotopic (exact) mass is 196 g/mol. The first-order valence-corrected chi connectivity index (χ1v) is 4.98. The third kappa shape index (κ3) is 2.07. The second-order valence-electron chi connectivity index (χ2n) is 3.62. The van der Waals surface area contributed by atoms with Gasteiger partial charge in [-0.2, -0.15) is 5.10 Å². The minimum absolute atomic E-state index is 0.951. The van der Waals surface area contributed by atoms with Crippen LogP contribution in [0.2, 0.25) is 0 Å². The summed E-state index contributed by atoms with van der Waals surface area (Å²) < 4.78 is 1.90. The molecule has 0 amide bonds. The fourth-order valence-electron chi connectivity index (χ4n) is 1.59. The van der Waals surface area contributed by atoms with E-state index in [1.54, 1.807) is 0 Å². The van der Waals surface area contributed by atoms with Gasteiger partial charge in [0.05, 0.1) is 5.69 Å². The van der Waals surface area contributed by atoms with Crippen LogP contribution in [0.5, 0.6) is 0 Å². The van der Waals surface area contributed by atoms with E-state index in [1.807, 2.05) is 18.8 Å². The molecular weight excluding hydrogens is 176 g/mol. The fourth-order valence-corrected chi connectivity index (χ4v) is 1.59. The Hall–Kier alpha value is -1.03. The SMILES string of the molecule is CCN(C)Cc1c(C)nn(C)c1NC. The van der Waals surface area contributed by atoms with Gasteiger partial charge >= 0.3 is 0 Å². The summed E-state index contributed by atoms with van der Waals surface area (Å²) in [5.74, 6) is 1.11. The van der Waals surface area contributed by atoms with Gasteiger partial charge in [-0.15, -0.1) is 0 Å². The van der Waals surface area contributed by atoms with Gasteiger partial charge in [0.2, 0.25) is 0 Å². The summed E-state index contributed by atoms with van der Waals surface area (Å²) >= 11 is 0. The number of rotatable bonds is 4. The quantitative estimate of drug-likeness (QED) is 0.786. The lowest BCUT2D eigenvalue weighted by Crippen LogP contribution is -2.17. The molecule has 4 nitrogen and oxygen atoms in total. The maximum absolute atomic E-state index is 4.40. The molecule has 0 aliphatic rings. The predicted octanol–water partition coefficient (Wildman–Crippen LogP) is 1.22. The van der Waals surface area contributed by atoms with E-state index in [-0.39, 0.29) is 0 Å². The molecule has 1 aromatic heterocycles. The molecule has 14 heavy (non-hydrogen) atoms. The molecule has 1 heterocycles. The van der Waals surface area contributed by atoms with Crippen molar-refractivity contribution >= 4 is 5.82 Å². The van der Waals surface area contributed by atoms with Crippen LogP contribution in [0, 0.1) is 6.92 Å². The van der Waals surface area contributed by atoms with Gasteiger partial charge in [-0.05, 0) is 20.5 Å². The molecule has 0 saturated carbocycles. The van der Waals surface area contributed by atoms with E-state index < -0.39 is 0 Å². The van der Waals surface area contributed by atoms with Crippen molar-refractivity contribution in [2.24, 2.45) is 7.05 Å². The van der Waals surface area contributed by atoms with Crippen molar-refractivity contribution in [3.05, 3.63) is 11.3 Å². The van der Waals surface area contributed by atoms with E-state index in [4.69, 9.17) is 0 Å². The number of nitrogens with one attached hydrogen (secondary N) is 1. The van der Waals surface area contributed by atoms with Gasteiger partial charge in [0.1, 0.15) is 5.82 Å². The molecule has 0 aliphatic heterocycles. The van der Waals surface area contributed by atoms with Crippen LogP contribution in [0.25, 0.3) is 0 Å². The number of aromatic nitrogens is 2. The number of anilines is 1. The Morgan fingerprint density at radius 1 is 1.50 bits per heavy atom. The Balaban J connectivity index is 2.94. The van der Waals surface area contributed by atoms with Crippen molar-refractivity contribution < 1.29 is 0 Å². The summed E-state index contributed by atoms with van der Waals surface area (Å²) in [6, 6.07) is 0. The summed E-state index contributed by atoms with van der Waals surface area (Å²) in [6.07, 6.45) is 0. The standard InChI is InChI=1S/C10H20N4/c1-6-13(4)7-9-8(2)12-14(5)10(9)11-3/h11H,6-7H2,1-5H3. The highest BCUT2D eigenvalue weighted by atomic mass is 15.3. The Morgan fingerprint density at radius 3 is 2.64 bits per heavy atom. The first kappa shape index (κ1) is 11.0. The zero-order chi connectivity index (χ0) is 10.7. The Labute approximate surface area is 85.9 Å². The Kier molecular flexibility index (Phi) is 3.52. The van der Waals surface area contributed by atoms with Crippen molar-refractivity contribution in [2.75, 3.05) is 26.0 Å². The highest BCUT2D eigenvalue weighted by Crippen LogP contribution is 2.19. The molecule has 0 atom stereocenters. The van der Waals surface area contributed by atoms with Crippen LogP contribution in [-0.4, -0.2) is 35.3 Å². The third-order valence-corrected chi connectivity index (χ3v) is 2.55. The van der Waals surface area contributed by atoms with Crippen molar-refractivity contribution in [2.45, 2.75) is 20.4 Å². The van der Waals surface area contributed by atoms with E-state index in [0.717, 1.165) is 24.6 Å². The number of aryl methyl sites for hydroxylation is 2. The van der Waals surface area contributed by atoms with Gasteiger partial charge < -0.3 is 10.2 Å². The van der Waals surface area contributed by atoms with Crippen molar-refractivity contribution in [3.63, 3.8) is 0 Å². The lowest BCUT2D eigenvalue weighted by atomic mass is 10.2. The van der Waals surface area contributed by atoms with Crippen LogP contribution in [0.4, 0.5) is 5.82 Å². The molecule has 4 heteroatoms. The molecule has 1 aromatic rings. The average Bonchev–Trinajstić information content (AvgIpc) is 2.41. The molecule has 0 saturated heterocycles. The molecule has 80 valence electrons. The summed E-state index contributed by atoms with van der Waals surface area (Å²) in [7, 11) is 6.02. The minimum Gasteiger partial charge on any atom is -0.373 e. The lowest BCUT2D eigenvalue weighted by Gasteiger charge is -2.14. The predicted molar refractivity (Wildman–Crippen MR) is 59.5 cm³/mol. The first-order valence-electron chi connectivity index (χ1n) is 4.98. The van der Waals surface area contributed by atoms with Gasteiger partial charge in [0, 0.05) is 26.2 Å². The smallest absolute Gasteiger partial charge is 0.128 e. The molecule has 0 bridgehead atoms. The van der Waals surface area contributed by atoms with E-state index in [9.17, 15) is 0 Å². The van der Waals surface area contributed by atoms with E-state index in [1.165, 1.54) is 5.56 Å². The van der Waals surface area contributed by atoms with Crippen molar-refractivity contribution in [1.29, 1.82) is 0 Å². The Bertz CT molecular complexity index is 303. The zero-order valence-electron chi connectivity index (χ0n) is 9.76. The molecule has 0 aliphatic carbocycles. The third-order valence-electron chi connectivity index (χ3n) is 2.55. The van der Waals surface area contributed by atoms with Crippen LogP contribution in [-0.2, 0) is 13.6 Å². The average molecular weight is 196 g/mol. The van der Waals surface area contributed by atoms with Gasteiger partial charge in [-0.25, -0.2) is 0 Å². The van der Waals surface area contributed by atoms with Crippen LogP contribution >= 0.6 is 0 Å². The van der Waals surface area contributed by atoms with Crippen LogP contribution < -0.4 is 5.32 Å². The summed E-state index contributed by atoms with van der Waals surface area (Å²) in [4.78, 5) is 2.27. The maximum Gasteiger partial charge on any atom is 0.128 e. The minimum atomic E-state index is 0.951. The largest absolute Gasteiger partial charge is 0.373 e. The summed E-state index contributed by atoms with van der Waals surface area (Å²) in [5.41, 5.74) is 2.40. The van der Waals surface area contributed by atoms with E-state index >= 15 is 0 Å². The highest BCUT2D eigenvalue weighted by Gasteiger charge is 2.12. The van der Waals surface area contributed by atoms with Crippen LogP contribution in [0.1, 0.15) is 18.2 Å². The zero-order valence-corrected chi connectivity index (χ0v) is 9.76. The van der Waals surface area contributed by atoms with Gasteiger partial charge in [0.15, 0.2) is 0 Å². The molecule has 1 N–H and O–H groups in total. The molecule has 0 aromatic carbocycles. The Morgan fingerprint density at radius 2 is 2.14 bits per heavy atom. The number of nitrogens with zero attached hydrogens (tertiary/aromatic N) is 3. The normalized spacial score (nSPS) is 11.0.